The van der Waals surface area contributed by atoms with Crippen LogP contribution in [0, 0.1) is 0 Å². The number of hydrogen-bond donors (Lipinski definition) is 0. The summed E-state index contributed by atoms with van der Waals surface area (Å²) < 4.78 is 28.1. The van der Waals surface area contributed by atoms with Gasteiger partial charge < -0.3 is 9.32 Å². The first-order valence-corrected chi connectivity index (χ1v) is 9.88. The first-order valence-electron chi connectivity index (χ1n) is 7.99. The Morgan fingerprint density at radius 3 is 2.48 bits per heavy atom. The van der Waals surface area contributed by atoms with Gasteiger partial charge in [0.2, 0.25) is 21.6 Å². The number of benzene rings is 1. The minimum absolute atomic E-state index is 0.0230. The maximum atomic E-state index is 12.3. The monoisotopic (exact) mass is 361 g/mol. The van der Waals surface area contributed by atoms with Crippen LogP contribution < -0.4 is 0 Å². The summed E-state index contributed by atoms with van der Waals surface area (Å²) in [6.07, 6.45) is 5.73. The fraction of sp³-hybridized carbons (Fsp3) is 0.353. The maximum Gasteiger partial charge on any atom is 0.335 e. The van der Waals surface area contributed by atoms with Crippen molar-refractivity contribution < 1.29 is 17.6 Å². The summed E-state index contributed by atoms with van der Waals surface area (Å²) in [5, 5.41) is 7.07. The second-order valence-electron chi connectivity index (χ2n) is 6.02. The molecule has 1 saturated heterocycles. The normalized spacial score (nSPS) is 16.4. The summed E-state index contributed by atoms with van der Waals surface area (Å²) in [6, 6.07) is 9.64. The van der Waals surface area contributed by atoms with Gasteiger partial charge in [-0.25, -0.2) is 8.42 Å². The number of carbonyl (C=O) groups is 1. The predicted molar refractivity (Wildman–Crippen MR) is 91.4 cm³/mol. The number of nitrogens with zero attached hydrogens (tertiary/aromatic N) is 3. The lowest BCUT2D eigenvalue weighted by Crippen LogP contribution is -2.36. The van der Waals surface area contributed by atoms with Gasteiger partial charge in [0, 0.05) is 31.3 Å². The molecule has 1 aromatic heterocycles. The van der Waals surface area contributed by atoms with Crippen LogP contribution in [0.3, 0.4) is 0 Å². The average Bonchev–Trinajstić information content (AvgIpc) is 3.11. The SMILES string of the molecule is CS(=O)(=O)c1nnc(C2CCN(C(=O)/C=C/c3ccccc3)CC2)o1. The van der Waals surface area contributed by atoms with Crippen LogP contribution in [0.25, 0.3) is 6.08 Å². The molecule has 8 heteroatoms. The van der Waals surface area contributed by atoms with Gasteiger partial charge >= 0.3 is 5.22 Å². The lowest BCUT2D eigenvalue weighted by Gasteiger charge is -2.29. The van der Waals surface area contributed by atoms with Gasteiger partial charge in [0.25, 0.3) is 0 Å². The van der Waals surface area contributed by atoms with Crippen LogP contribution in [0.4, 0.5) is 0 Å². The zero-order chi connectivity index (χ0) is 17.9. The third-order valence-corrected chi connectivity index (χ3v) is 4.91. The predicted octanol–water partition coefficient (Wildman–Crippen LogP) is 1.89. The van der Waals surface area contributed by atoms with E-state index in [1.54, 1.807) is 17.1 Å². The lowest BCUT2D eigenvalue weighted by molar-refractivity contribution is -0.127. The molecule has 2 heterocycles. The van der Waals surface area contributed by atoms with Crippen LogP contribution in [-0.4, -0.2) is 48.8 Å². The fourth-order valence-corrected chi connectivity index (χ4v) is 3.15. The van der Waals surface area contributed by atoms with Crippen LogP contribution in [-0.2, 0) is 14.6 Å². The van der Waals surface area contributed by atoms with Gasteiger partial charge in [-0.2, -0.15) is 0 Å². The highest BCUT2D eigenvalue weighted by Crippen LogP contribution is 2.27. The number of amides is 1. The van der Waals surface area contributed by atoms with Gasteiger partial charge in [0.1, 0.15) is 0 Å². The van der Waals surface area contributed by atoms with Crippen LogP contribution >= 0.6 is 0 Å². The van der Waals surface area contributed by atoms with Crippen molar-refractivity contribution in [1.82, 2.24) is 15.1 Å². The molecule has 0 aliphatic carbocycles. The number of sulfone groups is 1. The summed E-state index contributed by atoms with van der Waals surface area (Å²) in [5.74, 6) is 0.266. The molecule has 0 saturated carbocycles. The molecule has 25 heavy (non-hydrogen) atoms. The van der Waals surface area contributed by atoms with E-state index in [9.17, 15) is 13.2 Å². The van der Waals surface area contributed by atoms with E-state index in [1.807, 2.05) is 30.3 Å². The molecule has 1 aliphatic heterocycles. The highest BCUT2D eigenvalue weighted by atomic mass is 32.2. The lowest BCUT2D eigenvalue weighted by atomic mass is 9.97. The minimum atomic E-state index is -3.49. The van der Waals surface area contributed by atoms with Gasteiger partial charge in [-0.1, -0.05) is 35.4 Å². The van der Waals surface area contributed by atoms with Gasteiger partial charge in [0.15, 0.2) is 0 Å². The Balaban J connectivity index is 1.57. The Morgan fingerprint density at radius 1 is 1.20 bits per heavy atom. The van der Waals surface area contributed by atoms with Crippen LogP contribution in [0.5, 0.6) is 0 Å². The molecule has 0 unspecified atom stereocenters. The molecule has 2 aromatic rings. The second kappa shape index (κ2) is 7.18. The van der Waals surface area contributed by atoms with Crippen molar-refractivity contribution in [2.45, 2.75) is 24.0 Å². The first kappa shape index (κ1) is 17.3. The number of hydrogen-bond acceptors (Lipinski definition) is 6. The van der Waals surface area contributed by atoms with Gasteiger partial charge in [0.05, 0.1) is 0 Å². The number of likely N-dealkylation sites (tertiary alicyclic amines) is 1. The molecule has 1 amide bonds. The Labute approximate surface area is 146 Å². The average molecular weight is 361 g/mol. The molecule has 0 atom stereocenters. The van der Waals surface area contributed by atoms with E-state index in [1.165, 1.54) is 0 Å². The minimum Gasteiger partial charge on any atom is -0.412 e. The molecule has 7 nitrogen and oxygen atoms in total. The number of aromatic nitrogens is 2. The highest BCUT2D eigenvalue weighted by Gasteiger charge is 2.28. The molecule has 0 radical (unpaired) electrons. The van der Waals surface area contributed by atoms with Crippen molar-refractivity contribution >= 4 is 21.8 Å². The van der Waals surface area contributed by atoms with Crippen molar-refractivity contribution in [2.24, 2.45) is 0 Å². The second-order valence-corrected chi connectivity index (χ2v) is 7.92. The standard InChI is InChI=1S/C17H19N3O4S/c1-25(22,23)17-19-18-16(24-17)14-9-11-20(12-10-14)15(21)8-7-13-5-3-2-4-6-13/h2-8,14H,9-12H2,1H3/b8-7+. The fourth-order valence-electron chi connectivity index (χ4n) is 2.72. The highest BCUT2D eigenvalue weighted by molar-refractivity contribution is 7.90. The molecule has 0 bridgehead atoms. The summed E-state index contributed by atoms with van der Waals surface area (Å²) in [5.41, 5.74) is 0.977. The van der Waals surface area contributed by atoms with Crippen molar-refractivity contribution in [3.8, 4) is 0 Å². The Bertz CT molecular complexity index is 866. The van der Waals surface area contributed by atoms with Crippen LogP contribution in [0.15, 0.2) is 46.0 Å². The Hall–Kier alpha value is -2.48. The molecule has 0 spiro atoms. The summed E-state index contributed by atoms with van der Waals surface area (Å²) in [4.78, 5) is 14.0. The number of piperidine rings is 1. The molecule has 3 rings (SSSR count). The molecule has 132 valence electrons. The maximum absolute atomic E-state index is 12.3. The quantitative estimate of drug-likeness (QED) is 0.772. The summed E-state index contributed by atoms with van der Waals surface area (Å²) in [7, 11) is -3.49. The third-order valence-electron chi connectivity index (χ3n) is 4.11. The molecule has 1 aromatic carbocycles. The smallest absolute Gasteiger partial charge is 0.335 e. The van der Waals surface area contributed by atoms with Gasteiger partial charge in [-0.15, -0.1) is 5.10 Å². The third kappa shape index (κ3) is 4.33. The molecular weight excluding hydrogens is 342 g/mol. The van der Waals surface area contributed by atoms with Crippen LogP contribution in [0.2, 0.25) is 0 Å². The molecule has 0 N–H and O–H groups in total. The van der Waals surface area contributed by atoms with Crippen molar-refractivity contribution in [1.29, 1.82) is 0 Å². The number of rotatable bonds is 4. The Kier molecular flexibility index (Phi) is 4.98. The largest absolute Gasteiger partial charge is 0.412 e. The summed E-state index contributed by atoms with van der Waals surface area (Å²) >= 11 is 0. The van der Waals surface area contributed by atoms with Gasteiger partial charge in [-0.3, -0.25) is 4.79 Å². The topological polar surface area (TPSA) is 93.4 Å². The molecular formula is C17H19N3O4S. The van der Waals surface area contributed by atoms with E-state index in [0.717, 1.165) is 11.8 Å². The zero-order valence-corrected chi connectivity index (χ0v) is 14.6. The Morgan fingerprint density at radius 2 is 1.88 bits per heavy atom. The van der Waals surface area contributed by atoms with Crippen molar-refractivity contribution in [2.75, 3.05) is 19.3 Å². The van der Waals surface area contributed by atoms with E-state index in [4.69, 9.17) is 4.42 Å². The van der Waals surface area contributed by atoms with Gasteiger partial charge in [-0.05, 0) is 24.5 Å². The van der Waals surface area contributed by atoms with E-state index in [2.05, 4.69) is 10.2 Å². The first-order chi connectivity index (χ1) is 11.9. The summed E-state index contributed by atoms with van der Waals surface area (Å²) in [6.45, 7) is 1.14. The van der Waals surface area contributed by atoms with E-state index in [-0.39, 0.29) is 17.0 Å². The van der Waals surface area contributed by atoms with E-state index < -0.39 is 9.84 Å². The molecule has 1 fully saturated rings. The molecule has 1 aliphatic rings. The number of carbonyl (C=O) groups excluding carboxylic acids is 1. The zero-order valence-electron chi connectivity index (χ0n) is 13.8. The van der Waals surface area contributed by atoms with E-state index in [0.29, 0.717) is 31.8 Å². The van der Waals surface area contributed by atoms with Crippen LogP contribution in [0.1, 0.15) is 30.2 Å². The van der Waals surface area contributed by atoms with E-state index >= 15 is 0 Å². The van der Waals surface area contributed by atoms with Crippen molar-refractivity contribution in [3.05, 3.63) is 47.9 Å². The van der Waals surface area contributed by atoms with Crippen molar-refractivity contribution in [3.63, 3.8) is 0 Å².